The third-order valence-electron chi connectivity index (χ3n) is 4.59. The number of hydrogen-bond acceptors (Lipinski definition) is 5. The molecule has 0 aliphatic carbocycles. The summed E-state index contributed by atoms with van der Waals surface area (Å²) in [4.78, 5) is 21.6. The highest BCUT2D eigenvalue weighted by molar-refractivity contribution is 7.14. The van der Waals surface area contributed by atoms with Crippen molar-refractivity contribution in [3.05, 3.63) is 75.5 Å². The van der Waals surface area contributed by atoms with E-state index in [1.807, 2.05) is 19.1 Å². The van der Waals surface area contributed by atoms with Gasteiger partial charge in [0.2, 0.25) is 0 Å². The molecule has 4 rings (SSSR count). The normalized spacial score (nSPS) is 11.2. The number of amides is 1. The number of hydrogen-bond donors (Lipinski definition) is 1. The van der Waals surface area contributed by atoms with Crippen LogP contribution in [0.4, 0.5) is 13.9 Å². The summed E-state index contributed by atoms with van der Waals surface area (Å²) in [7, 11) is 0. The van der Waals surface area contributed by atoms with Crippen LogP contribution in [0.3, 0.4) is 0 Å². The number of thiazole rings is 1. The zero-order chi connectivity index (χ0) is 22.1. The van der Waals surface area contributed by atoms with Gasteiger partial charge in [0.05, 0.1) is 27.7 Å². The molecular weight excluding hydrogens is 444 g/mol. The molecule has 10 heteroatoms. The number of benzene rings is 1. The Labute approximate surface area is 185 Å². The van der Waals surface area contributed by atoms with Gasteiger partial charge in [0.1, 0.15) is 11.4 Å². The maximum Gasteiger partial charge on any atom is 0.281 e. The molecule has 0 unspecified atom stereocenters. The summed E-state index contributed by atoms with van der Waals surface area (Å²) in [5.74, 6) is -0.718. The van der Waals surface area contributed by atoms with Gasteiger partial charge in [-0.25, -0.2) is 18.4 Å². The van der Waals surface area contributed by atoms with Gasteiger partial charge in [0, 0.05) is 11.6 Å². The highest BCUT2D eigenvalue weighted by Crippen LogP contribution is 2.32. The van der Waals surface area contributed by atoms with Crippen LogP contribution < -0.4 is 5.32 Å². The van der Waals surface area contributed by atoms with Gasteiger partial charge in [-0.3, -0.25) is 15.1 Å². The number of nitrogens with zero attached hydrogens (tertiary/aromatic N) is 4. The average molecular weight is 460 g/mol. The summed E-state index contributed by atoms with van der Waals surface area (Å²) in [5.41, 5.74) is 1.91. The molecule has 158 valence electrons. The summed E-state index contributed by atoms with van der Waals surface area (Å²) >= 11 is 7.34. The van der Waals surface area contributed by atoms with Gasteiger partial charge < -0.3 is 0 Å². The predicted molar refractivity (Wildman–Crippen MR) is 116 cm³/mol. The Hall–Kier alpha value is -3.17. The summed E-state index contributed by atoms with van der Waals surface area (Å²) in [5, 5.41) is 9.03. The van der Waals surface area contributed by atoms with Crippen LogP contribution in [0.2, 0.25) is 5.02 Å². The van der Waals surface area contributed by atoms with E-state index in [-0.39, 0.29) is 27.1 Å². The number of alkyl halides is 2. The molecule has 1 amide bonds. The standard InChI is InChI=1S/C21H16ClF2N5OS/c1-11-6-5-9-25-17(11)14-10-31-21(26-14)27-20(30)16-12(2)28-29(18(16)19(23)24)15-8-4-3-7-13(15)22/h3-10,19H,1-2H3,(H,26,27,30). The van der Waals surface area contributed by atoms with E-state index < -0.39 is 18.0 Å². The molecule has 6 nitrogen and oxygen atoms in total. The number of aromatic nitrogens is 4. The number of rotatable bonds is 5. The Bertz CT molecular complexity index is 1270. The molecule has 31 heavy (non-hydrogen) atoms. The molecule has 0 aliphatic rings. The number of aryl methyl sites for hydroxylation is 2. The Balaban J connectivity index is 1.69. The van der Waals surface area contributed by atoms with Crippen LogP contribution in [0.1, 0.15) is 33.7 Å². The van der Waals surface area contributed by atoms with E-state index in [1.54, 1.807) is 35.8 Å². The first-order valence-corrected chi connectivity index (χ1v) is 10.4. The topological polar surface area (TPSA) is 72.7 Å². The van der Waals surface area contributed by atoms with Gasteiger partial charge in [-0.1, -0.05) is 29.8 Å². The molecule has 0 spiro atoms. The first-order chi connectivity index (χ1) is 14.9. The minimum absolute atomic E-state index is 0.157. The summed E-state index contributed by atoms with van der Waals surface area (Å²) in [6.07, 6.45) is -1.29. The van der Waals surface area contributed by atoms with E-state index in [0.717, 1.165) is 10.2 Å². The molecule has 0 atom stereocenters. The second kappa shape index (κ2) is 8.52. The van der Waals surface area contributed by atoms with Crippen LogP contribution in [-0.4, -0.2) is 25.7 Å². The first-order valence-electron chi connectivity index (χ1n) is 9.18. The van der Waals surface area contributed by atoms with Gasteiger partial charge in [-0.05, 0) is 37.6 Å². The minimum Gasteiger partial charge on any atom is -0.298 e. The number of carbonyl (C=O) groups excluding carboxylic acids is 1. The Kier molecular flexibility index (Phi) is 5.79. The van der Waals surface area contributed by atoms with Crippen molar-refractivity contribution in [2.75, 3.05) is 5.32 Å². The second-order valence-electron chi connectivity index (χ2n) is 6.67. The van der Waals surface area contributed by atoms with Gasteiger partial charge in [-0.15, -0.1) is 11.3 Å². The van der Waals surface area contributed by atoms with Crippen LogP contribution in [0.15, 0.2) is 48.0 Å². The lowest BCUT2D eigenvalue weighted by molar-refractivity contribution is 0.100. The lowest BCUT2D eigenvalue weighted by Crippen LogP contribution is -2.15. The highest BCUT2D eigenvalue weighted by atomic mass is 35.5. The number of para-hydroxylation sites is 1. The highest BCUT2D eigenvalue weighted by Gasteiger charge is 2.29. The zero-order valence-corrected chi connectivity index (χ0v) is 18.0. The molecule has 0 aliphatic heterocycles. The Morgan fingerprint density at radius 3 is 2.68 bits per heavy atom. The van der Waals surface area contributed by atoms with Crippen LogP contribution in [-0.2, 0) is 0 Å². The van der Waals surface area contributed by atoms with E-state index in [2.05, 4.69) is 20.4 Å². The molecule has 0 saturated heterocycles. The quantitative estimate of drug-likeness (QED) is 0.406. The molecular formula is C21H16ClF2N5OS. The molecule has 1 aromatic carbocycles. The first kappa shape index (κ1) is 21.1. The van der Waals surface area contributed by atoms with Crippen molar-refractivity contribution in [1.29, 1.82) is 0 Å². The van der Waals surface area contributed by atoms with Gasteiger partial charge in [0.15, 0.2) is 5.13 Å². The third kappa shape index (κ3) is 4.06. The number of nitrogens with one attached hydrogen (secondary N) is 1. The largest absolute Gasteiger partial charge is 0.298 e. The third-order valence-corrected chi connectivity index (χ3v) is 5.66. The maximum absolute atomic E-state index is 14.0. The van der Waals surface area contributed by atoms with E-state index >= 15 is 0 Å². The summed E-state index contributed by atoms with van der Waals surface area (Å²) in [6.45, 7) is 3.40. The summed E-state index contributed by atoms with van der Waals surface area (Å²) in [6, 6.07) is 10.2. The van der Waals surface area contributed by atoms with E-state index in [0.29, 0.717) is 11.4 Å². The van der Waals surface area contributed by atoms with E-state index in [1.165, 1.54) is 18.3 Å². The SMILES string of the molecule is Cc1cccnc1-c1csc(NC(=O)c2c(C)nn(-c3ccccc3Cl)c2C(F)F)n1. The maximum atomic E-state index is 14.0. The monoisotopic (exact) mass is 459 g/mol. The van der Waals surface area contributed by atoms with Gasteiger partial charge >= 0.3 is 0 Å². The van der Waals surface area contributed by atoms with Crippen molar-refractivity contribution in [1.82, 2.24) is 19.7 Å². The lowest BCUT2D eigenvalue weighted by atomic mass is 10.1. The number of halogens is 3. The molecule has 0 fully saturated rings. The second-order valence-corrected chi connectivity index (χ2v) is 7.94. The Morgan fingerprint density at radius 2 is 1.97 bits per heavy atom. The van der Waals surface area contributed by atoms with Crippen molar-refractivity contribution in [2.24, 2.45) is 0 Å². The Morgan fingerprint density at radius 1 is 1.19 bits per heavy atom. The van der Waals surface area contributed by atoms with E-state index in [9.17, 15) is 13.6 Å². The van der Waals surface area contributed by atoms with Crippen molar-refractivity contribution in [2.45, 2.75) is 20.3 Å². The molecule has 0 saturated carbocycles. The van der Waals surface area contributed by atoms with Crippen molar-refractivity contribution >= 4 is 34.0 Å². The smallest absolute Gasteiger partial charge is 0.281 e. The molecule has 3 heterocycles. The zero-order valence-electron chi connectivity index (χ0n) is 16.4. The van der Waals surface area contributed by atoms with Crippen molar-refractivity contribution in [3.63, 3.8) is 0 Å². The number of carbonyl (C=O) groups is 1. The molecule has 0 radical (unpaired) electrons. The number of anilines is 1. The molecule has 3 aromatic heterocycles. The molecule has 1 N–H and O–H groups in total. The van der Waals surface area contributed by atoms with Crippen LogP contribution in [0, 0.1) is 13.8 Å². The van der Waals surface area contributed by atoms with Crippen molar-refractivity contribution < 1.29 is 13.6 Å². The van der Waals surface area contributed by atoms with E-state index in [4.69, 9.17) is 11.6 Å². The lowest BCUT2D eigenvalue weighted by Gasteiger charge is -2.10. The average Bonchev–Trinajstić information content (AvgIpc) is 3.33. The van der Waals surface area contributed by atoms with Crippen LogP contribution in [0.25, 0.3) is 17.1 Å². The number of pyridine rings is 1. The van der Waals surface area contributed by atoms with Crippen molar-refractivity contribution in [3.8, 4) is 17.1 Å². The van der Waals surface area contributed by atoms with Gasteiger partial charge in [-0.2, -0.15) is 5.10 Å². The predicted octanol–water partition coefficient (Wildman–Crippen LogP) is 5.85. The fraction of sp³-hybridized carbons (Fsp3) is 0.143. The minimum atomic E-state index is -2.94. The molecule has 4 aromatic rings. The van der Waals surface area contributed by atoms with Crippen LogP contribution in [0.5, 0.6) is 0 Å². The van der Waals surface area contributed by atoms with Gasteiger partial charge in [0.25, 0.3) is 12.3 Å². The van der Waals surface area contributed by atoms with Crippen LogP contribution >= 0.6 is 22.9 Å². The summed E-state index contributed by atoms with van der Waals surface area (Å²) < 4.78 is 29.0. The fourth-order valence-corrected chi connectivity index (χ4v) is 4.09. The molecule has 0 bridgehead atoms. The fourth-order valence-electron chi connectivity index (χ4n) is 3.19.